The molecule has 0 aliphatic heterocycles. The van der Waals surface area contributed by atoms with Gasteiger partial charge in [-0.05, 0) is 76.0 Å². The van der Waals surface area contributed by atoms with Gasteiger partial charge in [-0.2, -0.15) is 0 Å². The molecule has 0 unspecified atom stereocenters. The van der Waals surface area contributed by atoms with Crippen molar-refractivity contribution in [1.82, 2.24) is 0 Å². The Bertz CT molecular complexity index is 1430. The zero-order valence-corrected chi connectivity index (χ0v) is 17.4. The molecule has 0 spiro atoms. The summed E-state index contributed by atoms with van der Waals surface area (Å²) in [6, 6.07) is 35.2. The summed E-state index contributed by atoms with van der Waals surface area (Å²) < 4.78 is 0. The van der Waals surface area contributed by atoms with Crippen molar-refractivity contribution < 1.29 is 0 Å². The Morgan fingerprint density at radius 1 is 0.613 bits per heavy atom. The standard InChI is InChI=1S/C30H23N/c1-2-21-11-17-26(18-12-21)31(25-9-4-3-5-10-25)28-20-16-24-14-13-22-7-6-8-23-15-19-27(28)30(24)29(22)23/h2-12,15-20H,1,13-14H2. The van der Waals surface area contributed by atoms with Crippen molar-refractivity contribution in [3.8, 4) is 0 Å². The lowest BCUT2D eigenvalue weighted by molar-refractivity contribution is 0.968. The van der Waals surface area contributed by atoms with Crippen LogP contribution < -0.4 is 4.90 Å². The molecule has 5 aromatic carbocycles. The molecule has 0 aromatic heterocycles. The quantitative estimate of drug-likeness (QED) is 0.276. The molecule has 148 valence electrons. The maximum Gasteiger partial charge on any atom is 0.0540 e. The minimum absolute atomic E-state index is 1.10. The first kappa shape index (κ1) is 18.0. The van der Waals surface area contributed by atoms with Crippen LogP contribution in [0.2, 0.25) is 0 Å². The molecule has 0 fully saturated rings. The van der Waals surface area contributed by atoms with Crippen molar-refractivity contribution in [3.05, 3.63) is 120 Å². The molecule has 0 atom stereocenters. The van der Waals surface area contributed by atoms with Gasteiger partial charge in [0.2, 0.25) is 0 Å². The Balaban J connectivity index is 1.67. The van der Waals surface area contributed by atoms with Crippen LogP contribution in [0.25, 0.3) is 27.6 Å². The Kier molecular flexibility index (Phi) is 4.14. The SMILES string of the molecule is C=Cc1ccc(N(c2ccccc2)c2ccc3c4c2ccc2cccc(c24)CC3)cc1. The van der Waals surface area contributed by atoms with Crippen LogP contribution in [0, 0.1) is 0 Å². The zero-order valence-electron chi connectivity index (χ0n) is 17.4. The lowest BCUT2D eigenvalue weighted by Gasteiger charge is -2.29. The number of rotatable bonds is 4. The van der Waals surface area contributed by atoms with Crippen LogP contribution in [0.4, 0.5) is 17.1 Å². The molecular formula is C30H23N. The van der Waals surface area contributed by atoms with E-state index < -0.39 is 0 Å². The molecule has 0 saturated heterocycles. The summed E-state index contributed by atoms with van der Waals surface area (Å²) in [7, 11) is 0. The fourth-order valence-electron chi connectivity index (χ4n) is 5.00. The summed E-state index contributed by atoms with van der Waals surface area (Å²) in [6.45, 7) is 3.90. The van der Waals surface area contributed by atoms with E-state index in [0.29, 0.717) is 0 Å². The van der Waals surface area contributed by atoms with Gasteiger partial charge in [-0.1, -0.05) is 79.4 Å². The summed E-state index contributed by atoms with van der Waals surface area (Å²) >= 11 is 0. The van der Waals surface area contributed by atoms with Gasteiger partial charge in [0, 0.05) is 16.8 Å². The Labute approximate surface area is 182 Å². The van der Waals surface area contributed by atoms with Gasteiger partial charge in [-0.25, -0.2) is 0 Å². The molecule has 5 aromatic rings. The van der Waals surface area contributed by atoms with Gasteiger partial charge in [0.15, 0.2) is 0 Å². The summed E-state index contributed by atoms with van der Waals surface area (Å²) in [5.41, 5.74) is 7.58. The summed E-state index contributed by atoms with van der Waals surface area (Å²) in [5, 5.41) is 5.50. The first-order chi connectivity index (χ1) is 15.3. The maximum atomic E-state index is 3.90. The molecule has 0 N–H and O–H groups in total. The molecule has 6 rings (SSSR count). The van der Waals surface area contributed by atoms with E-state index >= 15 is 0 Å². The van der Waals surface area contributed by atoms with Gasteiger partial charge in [0.25, 0.3) is 0 Å². The highest BCUT2D eigenvalue weighted by atomic mass is 15.1. The smallest absolute Gasteiger partial charge is 0.0540 e. The summed E-state index contributed by atoms with van der Waals surface area (Å²) in [4.78, 5) is 2.37. The second-order valence-electron chi connectivity index (χ2n) is 8.21. The van der Waals surface area contributed by atoms with Crippen molar-refractivity contribution in [2.45, 2.75) is 12.8 Å². The minimum atomic E-state index is 1.10. The van der Waals surface area contributed by atoms with Gasteiger partial charge in [-0.15, -0.1) is 0 Å². The average Bonchev–Trinajstić information content (AvgIpc) is 2.84. The second kappa shape index (κ2) is 7.14. The third kappa shape index (κ3) is 2.85. The molecule has 31 heavy (non-hydrogen) atoms. The van der Waals surface area contributed by atoms with E-state index in [4.69, 9.17) is 0 Å². The molecule has 0 amide bonds. The molecule has 1 aliphatic carbocycles. The fraction of sp³-hybridized carbons (Fsp3) is 0.0667. The molecule has 0 bridgehead atoms. The zero-order chi connectivity index (χ0) is 20.8. The second-order valence-corrected chi connectivity index (χ2v) is 8.21. The lowest BCUT2D eigenvalue weighted by atomic mass is 9.85. The van der Waals surface area contributed by atoms with Crippen molar-refractivity contribution in [3.63, 3.8) is 0 Å². The highest BCUT2D eigenvalue weighted by molar-refractivity contribution is 6.16. The van der Waals surface area contributed by atoms with Crippen LogP contribution >= 0.6 is 0 Å². The van der Waals surface area contributed by atoms with E-state index in [0.717, 1.165) is 29.8 Å². The van der Waals surface area contributed by atoms with Crippen LogP contribution in [-0.4, -0.2) is 0 Å². The van der Waals surface area contributed by atoms with E-state index in [1.165, 1.54) is 38.4 Å². The third-order valence-corrected chi connectivity index (χ3v) is 6.48. The summed E-state index contributed by atoms with van der Waals surface area (Å²) in [6.07, 6.45) is 4.11. The largest absolute Gasteiger partial charge is 0.310 e. The topological polar surface area (TPSA) is 3.24 Å². The molecule has 1 aliphatic rings. The number of anilines is 3. The van der Waals surface area contributed by atoms with E-state index in [2.05, 4.69) is 109 Å². The van der Waals surface area contributed by atoms with E-state index in [1.807, 2.05) is 6.08 Å². The first-order valence-corrected chi connectivity index (χ1v) is 10.9. The van der Waals surface area contributed by atoms with Crippen molar-refractivity contribution in [2.75, 3.05) is 4.90 Å². The maximum absolute atomic E-state index is 3.90. The molecule has 1 heteroatoms. The molecular weight excluding hydrogens is 374 g/mol. The van der Waals surface area contributed by atoms with Crippen LogP contribution in [0.1, 0.15) is 16.7 Å². The normalized spacial score (nSPS) is 12.4. The monoisotopic (exact) mass is 397 g/mol. The van der Waals surface area contributed by atoms with Crippen LogP contribution in [0.3, 0.4) is 0 Å². The minimum Gasteiger partial charge on any atom is -0.310 e. The van der Waals surface area contributed by atoms with E-state index in [1.54, 1.807) is 0 Å². The number of para-hydroxylation sites is 1. The first-order valence-electron chi connectivity index (χ1n) is 10.9. The molecule has 0 heterocycles. The van der Waals surface area contributed by atoms with Gasteiger partial charge >= 0.3 is 0 Å². The van der Waals surface area contributed by atoms with Crippen molar-refractivity contribution >= 4 is 44.7 Å². The Morgan fingerprint density at radius 3 is 2.13 bits per heavy atom. The number of benzene rings is 5. The van der Waals surface area contributed by atoms with Crippen LogP contribution in [0.15, 0.2) is 104 Å². The number of nitrogens with zero attached hydrogens (tertiary/aromatic N) is 1. The predicted octanol–water partition coefficient (Wildman–Crippen LogP) is 8.20. The lowest BCUT2D eigenvalue weighted by Crippen LogP contribution is -2.11. The third-order valence-electron chi connectivity index (χ3n) is 6.48. The van der Waals surface area contributed by atoms with Gasteiger partial charge in [0.1, 0.15) is 0 Å². The van der Waals surface area contributed by atoms with Gasteiger partial charge in [-0.3, -0.25) is 0 Å². The van der Waals surface area contributed by atoms with E-state index in [9.17, 15) is 0 Å². The van der Waals surface area contributed by atoms with Crippen LogP contribution in [0.5, 0.6) is 0 Å². The fourth-order valence-corrected chi connectivity index (χ4v) is 5.00. The highest BCUT2D eigenvalue weighted by Gasteiger charge is 2.20. The van der Waals surface area contributed by atoms with E-state index in [-0.39, 0.29) is 0 Å². The summed E-state index contributed by atoms with van der Waals surface area (Å²) in [5.74, 6) is 0. The Hall–Kier alpha value is -3.84. The van der Waals surface area contributed by atoms with Crippen molar-refractivity contribution in [2.24, 2.45) is 0 Å². The number of hydrogen-bond acceptors (Lipinski definition) is 1. The van der Waals surface area contributed by atoms with Crippen molar-refractivity contribution in [1.29, 1.82) is 0 Å². The Morgan fingerprint density at radius 2 is 1.35 bits per heavy atom. The highest BCUT2D eigenvalue weighted by Crippen LogP contribution is 2.44. The molecule has 0 radical (unpaired) electrons. The molecule has 1 nitrogen and oxygen atoms in total. The number of aryl methyl sites for hydroxylation is 2. The average molecular weight is 398 g/mol. The molecule has 0 saturated carbocycles. The number of hydrogen-bond donors (Lipinski definition) is 0. The van der Waals surface area contributed by atoms with Gasteiger partial charge in [0.05, 0.1) is 5.69 Å². The van der Waals surface area contributed by atoms with Gasteiger partial charge < -0.3 is 4.90 Å². The van der Waals surface area contributed by atoms with Crippen LogP contribution in [-0.2, 0) is 12.8 Å². The predicted molar refractivity (Wildman–Crippen MR) is 134 cm³/mol.